The van der Waals surface area contributed by atoms with E-state index in [1.165, 1.54) is 12.1 Å². The molecule has 2 aromatic rings. The molecule has 98 valence electrons. The Morgan fingerprint density at radius 3 is 2.63 bits per heavy atom. The molecule has 7 heteroatoms. The van der Waals surface area contributed by atoms with E-state index in [1.807, 2.05) is 0 Å². The summed E-state index contributed by atoms with van der Waals surface area (Å²) in [7, 11) is 0. The minimum atomic E-state index is -1.06. The summed E-state index contributed by atoms with van der Waals surface area (Å²) in [5.41, 5.74) is 1.49. The lowest BCUT2D eigenvalue weighted by Crippen LogP contribution is -2.13. The Morgan fingerprint density at radius 2 is 2.05 bits per heavy atom. The average molecular weight is 324 g/mol. The molecule has 0 saturated carbocycles. The van der Waals surface area contributed by atoms with Crippen molar-refractivity contribution in [2.24, 2.45) is 0 Å². The highest BCUT2D eigenvalue weighted by molar-refractivity contribution is 9.10. The second-order valence-electron chi connectivity index (χ2n) is 3.92. The van der Waals surface area contributed by atoms with Crippen molar-refractivity contribution in [3.63, 3.8) is 0 Å². The van der Waals surface area contributed by atoms with Gasteiger partial charge in [-0.1, -0.05) is 15.9 Å². The minimum absolute atomic E-state index is 0.0860. The lowest BCUT2D eigenvalue weighted by atomic mass is 10.2. The number of hydrogen-bond donors (Lipinski definition) is 3. The number of amides is 1. The van der Waals surface area contributed by atoms with Crippen molar-refractivity contribution >= 4 is 33.5 Å². The van der Waals surface area contributed by atoms with E-state index < -0.39 is 11.9 Å². The van der Waals surface area contributed by atoms with Gasteiger partial charge in [-0.15, -0.1) is 0 Å². The van der Waals surface area contributed by atoms with Crippen molar-refractivity contribution in [1.82, 2.24) is 10.2 Å². The smallest absolute Gasteiger partial charge is 0.335 e. The van der Waals surface area contributed by atoms with Crippen molar-refractivity contribution in [3.8, 4) is 0 Å². The van der Waals surface area contributed by atoms with Crippen LogP contribution in [0.3, 0.4) is 0 Å². The number of nitrogens with zero attached hydrogens (tertiary/aromatic N) is 1. The van der Waals surface area contributed by atoms with E-state index in [9.17, 15) is 9.59 Å². The number of aryl methyl sites for hydroxylation is 1. The fourth-order valence-corrected chi connectivity index (χ4v) is 2.01. The highest BCUT2D eigenvalue weighted by Gasteiger charge is 2.12. The van der Waals surface area contributed by atoms with Crippen molar-refractivity contribution < 1.29 is 14.7 Å². The summed E-state index contributed by atoms with van der Waals surface area (Å²) in [5, 5.41) is 18.0. The first-order valence-electron chi connectivity index (χ1n) is 5.33. The zero-order chi connectivity index (χ0) is 14.0. The van der Waals surface area contributed by atoms with Crippen LogP contribution in [0.5, 0.6) is 0 Å². The summed E-state index contributed by atoms with van der Waals surface area (Å²) in [6, 6.07) is 6.05. The third-order valence-electron chi connectivity index (χ3n) is 2.34. The van der Waals surface area contributed by atoms with Crippen LogP contribution in [0.2, 0.25) is 0 Å². The zero-order valence-electron chi connectivity index (χ0n) is 9.90. The molecular formula is C12H10BrN3O3. The van der Waals surface area contributed by atoms with Gasteiger partial charge in [-0.2, -0.15) is 5.10 Å². The molecule has 19 heavy (non-hydrogen) atoms. The number of anilines is 1. The van der Waals surface area contributed by atoms with E-state index in [4.69, 9.17) is 5.11 Å². The van der Waals surface area contributed by atoms with Gasteiger partial charge in [0.2, 0.25) is 0 Å². The second-order valence-corrected chi connectivity index (χ2v) is 4.84. The van der Waals surface area contributed by atoms with Gasteiger partial charge in [-0.25, -0.2) is 4.79 Å². The SMILES string of the molecule is Cc1cc(C(=O)Nc2cc(Br)cc(C(=O)O)c2)n[nH]1. The number of H-pyrrole nitrogens is 1. The summed E-state index contributed by atoms with van der Waals surface area (Å²) < 4.78 is 0.570. The normalized spacial score (nSPS) is 10.2. The third kappa shape index (κ3) is 3.19. The lowest BCUT2D eigenvalue weighted by molar-refractivity contribution is 0.0696. The number of aromatic amines is 1. The Kier molecular flexibility index (Phi) is 3.66. The topological polar surface area (TPSA) is 95.1 Å². The first-order chi connectivity index (χ1) is 8.95. The lowest BCUT2D eigenvalue weighted by Gasteiger charge is -2.05. The van der Waals surface area contributed by atoms with E-state index in [0.717, 1.165) is 5.69 Å². The highest BCUT2D eigenvalue weighted by atomic mass is 79.9. The molecule has 0 atom stereocenters. The number of carbonyl (C=O) groups is 2. The molecule has 1 aromatic carbocycles. The summed E-state index contributed by atoms with van der Waals surface area (Å²) in [4.78, 5) is 22.8. The summed E-state index contributed by atoms with van der Waals surface area (Å²) in [6.45, 7) is 1.78. The molecule has 0 aliphatic rings. The van der Waals surface area contributed by atoms with Crippen LogP contribution in [-0.2, 0) is 0 Å². The number of hydrogen-bond acceptors (Lipinski definition) is 3. The molecule has 0 saturated heterocycles. The Balaban J connectivity index is 2.23. The molecule has 0 bridgehead atoms. The van der Waals surface area contributed by atoms with Crippen LogP contribution >= 0.6 is 15.9 Å². The largest absolute Gasteiger partial charge is 0.478 e. The second kappa shape index (κ2) is 5.23. The van der Waals surface area contributed by atoms with E-state index in [-0.39, 0.29) is 11.3 Å². The van der Waals surface area contributed by atoms with Crippen molar-refractivity contribution in [2.75, 3.05) is 5.32 Å². The van der Waals surface area contributed by atoms with Crippen LogP contribution in [-0.4, -0.2) is 27.2 Å². The molecule has 1 heterocycles. The third-order valence-corrected chi connectivity index (χ3v) is 2.80. The van der Waals surface area contributed by atoms with Crippen LogP contribution in [0.15, 0.2) is 28.7 Å². The summed E-state index contributed by atoms with van der Waals surface area (Å²) in [6.07, 6.45) is 0. The van der Waals surface area contributed by atoms with Crippen molar-refractivity contribution in [1.29, 1.82) is 0 Å². The summed E-state index contributed by atoms with van der Waals surface area (Å²) >= 11 is 3.20. The van der Waals surface area contributed by atoms with Gasteiger partial charge in [0.25, 0.3) is 5.91 Å². The number of aromatic nitrogens is 2. The number of benzene rings is 1. The van der Waals surface area contributed by atoms with Gasteiger partial charge >= 0.3 is 5.97 Å². The fourth-order valence-electron chi connectivity index (χ4n) is 1.51. The monoisotopic (exact) mass is 323 g/mol. The number of rotatable bonds is 3. The van der Waals surface area contributed by atoms with Crippen molar-refractivity contribution in [2.45, 2.75) is 6.92 Å². The molecule has 0 unspecified atom stereocenters. The molecule has 2 rings (SSSR count). The first-order valence-corrected chi connectivity index (χ1v) is 6.12. The molecule has 0 aliphatic carbocycles. The van der Waals surface area contributed by atoms with Crippen molar-refractivity contribution in [3.05, 3.63) is 45.7 Å². The number of halogens is 1. The molecule has 1 amide bonds. The van der Waals surface area contributed by atoms with E-state index in [1.54, 1.807) is 19.1 Å². The van der Waals surface area contributed by atoms with E-state index in [0.29, 0.717) is 10.2 Å². The van der Waals surface area contributed by atoms with Crippen LogP contribution in [0.25, 0.3) is 0 Å². The minimum Gasteiger partial charge on any atom is -0.478 e. The molecule has 0 radical (unpaired) electrons. The maximum Gasteiger partial charge on any atom is 0.335 e. The zero-order valence-corrected chi connectivity index (χ0v) is 11.5. The molecule has 1 aromatic heterocycles. The molecule has 0 aliphatic heterocycles. The van der Waals surface area contributed by atoms with Gasteiger partial charge in [-0.3, -0.25) is 9.89 Å². The van der Waals surface area contributed by atoms with Gasteiger partial charge in [-0.05, 0) is 31.2 Å². The first kappa shape index (κ1) is 13.3. The van der Waals surface area contributed by atoms with Crippen LogP contribution in [0.1, 0.15) is 26.5 Å². The molecule has 0 fully saturated rings. The molecule has 0 spiro atoms. The van der Waals surface area contributed by atoms with Gasteiger partial charge in [0.1, 0.15) is 0 Å². The van der Waals surface area contributed by atoms with Gasteiger partial charge in [0.15, 0.2) is 5.69 Å². The molecule has 3 N–H and O–H groups in total. The average Bonchev–Trinajstić information content (AvgIpc) is 2.75. The number of nitrogens with one attached hydrogen (secondary N) is 2. The van der Waals surface area contributed by atoms with Gasteiger partial charge in [0.05, 0.1) is 5.56 Å². The standard InChI is InChI=1S/C12H10BrN3O3/c1-6-2-10(16-15-6)11(17)14-9-4-7(12(18)19)3-8(13)5-9/h2-5H,1H3,(H,14,17)(H,15,16)(H,18,19). The Bertz CT molecular complexity index is 651. The predicted molar refractivity (Wildman–Crippen MR) is 72.4 cm³/mol. The maximum atomic E-state index is 11.9. The highest BCUT2D eigenvalue weighted by Crippen LogP contribution is 2.20. The Labute approximate surface area is 117 Å². The van der Waals surface area contributed by atoms with E-state index in [2.05, 4.69) is 31.4 Å². The number of aromatic carboxylic acids is 1. The number of carboxylic acids is 1. The molecule has 6 nitrogen and oxygen atoms in total. The number of carboxylic acid groups (broad SMARTS) is 1. The van der Waals surface area contributed by atoms with Gasteiger partial charge < -0.3 is 10.4 Å². The van der Waals surface area contributed by atoms with Gasteiger partial charge in [0, 0.05) is 15.9 Å². The Hall–Kier alpha value is -2.15. The van der Waals surface area contributed by atoms with Crippen LogP contribution in [0, 0.1) is 6.92 Å². The predicted octanol–water partition coefficient (Wildman–Crippen LogP) is 2.43. The fraction of sp³-hybridized carbons (Fsp3) is 0.0833. The Morgan fingerprint density at radius 1 is 1.32 bits per heavy atom. The quantitative estimate of drug-likeness (QED) is 0.808. The summed E-state index contributed by atoms with van der Waals surface area (Å²) in [5.74, 6) is -1.47. The van der Waals surface area contributed by atoms with Crippen LogP contribution < -0.4 is 5.32 Å². The maximum absolute atomic E-state index is 11.9. The number of carbonyl (C=O) groups excluding carboxylic acids is 1. The van der Waals surface area contributed by atoms with Crippen LogP contribution in [0.4, 0.5) is 5.69 Å². The van der Waals surface area contributed by atoms with E-state index >= 15 is 0 Å². The molecular weight excluding hydrogens is 314 g/mol.